The normalized spacial score (nSPS) is 14.2. The van der Waals surface area contributed by atoms with Crippen LogP contribution < -0.4 is 0 Å². The highest BCUT2D eigenvalue weighted by atomic mass is 16.2. The molecule has 1 aliphatic rings. The van der Waals surface area contributed by atoms with Gasteiger partial charge in [0.25, 0.3) is 5.91 Å². The molecule has 0 aliphatic carbocycles. The Kier molecular flexibility index (Phi) is 2.19. The number of carbonyl (C=O) groups excluding carboxylic acids is 1. The van der Waals surface area contributed by atoms with Gasteiger partial charge in [-0.1, -0.05) is 0 Å². The molecule has 18 heavy (non-hydrogen) atoms. The second kappa shape index (κ2) is 3.63. The van der Waals surface area contributed by atoms with Crippen LogP contribution in [0.2, 0.25) is 0 Å². The van der Waals surface area contributed by atoms with E-state index in [2.05, 4.69) is 15.5 Å². The molecule has 0 fully saturated rings. The summed E-state index contributed by atoms with van der Waals surface area (Å²) in [6, 6.07) is 3.86. The van der Waals surface area contributed by atoms with E-state index in [0.29, 0.717) is 17.9 Å². The Morgan fingerprint density at radius 2 is 1.94 bits per heavy atom. The lowest BCUT2D eigenvalue weighted by Gasteiger charge is -2.14. The van der Waals surface area contributed by atoms with Crippen LogP contribution in [0.15, 0.2) is 12.1 Å². The average Bonchev–Trinajstić information content (AvgIpc) is 2.75. The minimum atomic E-state index is -0.0135. The molecule has 2 heterocycles. The van der Waals surface area contributed by atoms with Crippen LogP contribution in [-0.4, -0.2) is 38.1 Å². The van der Waals surface area contributed by atoms with Crippen LogP contribution in [0.4, 0.5) is 0 Å². The van der Waals surface area contributed by atoms with E-state index in [0.717, 1.165) is 16.8 Å². The Labute approximate surface area is 104 Å². The van der Waals surface area contributed by atoms with Crippen LogP contribution in [0.5, 0.6) is 0 Å². The van der Waals surface area contributed by atoms with Gasteiger partial charge in [-0.2, -0.15) is 4.68 Å². The maximum atomic E-state index is 12.3. The average molecular weight is 243 g/mol. The smallest absolute Gasteiger partial charge is 0.256 e. The van der Waals surface area contributed by atoms with E-state index in [-0.39, 0.29) is 5.91 Å². The van der Waals surface area contributed by atoms with Gasteiger partial charge in [-0.15, -0.1) is 5.10 Å². The van der Waals surface area contributed by atoms with Crippen LogP contribution in [0, 0.1) is 13.8 Å². The zero-order chi connectivity index (χ0) is 12.9. The van der Waals surface area contributed by atoms with Crippen LogP contribution in [0.25, 0.3) is 5.69 Å². The first kappa shape index (κ1) is 10.9. The highest BCUT2D eigenvalue weighted by Crippen LogP contribution is 2.24. The van der Waals surface area contributed by atoms with Crippen molar-refractivity contribution in [2.75, 3.05) is 7.05 Å². The largest absolute Gasteiger partial charge is 0.334 e. The highest BCUT2D eigenvalue weighted by Gasteiger charge is 2.26. The van der Waals surface area contributed by atoms with E-state index in [4.69, 9.17) is 0 Å². The Morgan fingerprint density at radius 3 is 2.72 bits per heavy atom. The number of benzene rings is 1. The number of aromatic nitrogens is 4. The summed E-state index contributed by atoms with van der Waals surface area (Å²) in [6.07, 6.45) is 0. The van der Waals surface area contributed by atoms with Crippen molar-refractivity contribution in [2.24, 2.45) is 0 Å². The number of carbonyl (C=O) groups is 1. The molecule has 1 aliphatic heterocycles. The topological polar surface area (TPSA) is 63.9 Å². The second-order valence-electron chi connectivity index (χ2n) is 4.62. The summed E-state index contributed by atoms with van der Waals surface area (Å²) in [7, 11) is 1.76. The molecule has 1 aromatic carbocycles. The number of amides is 1. The van der Waals surface area contributed by atoms with Crippen LogP contribution in [0.1, 0.15) is 27.3 Å². The third kappa shape index (κ3) is 1.42. The van der Waals surface area contributed by atoms with Crippen LogP contribution in [-0.2, 0) is 6.54 Å². The molecule has 0 saturated carbocycles. The molecule has 0 atom stereocenters. The maximum absolute atomic E-state index is 12.3. The lowest BCUT2D eigenvalue weighted by molar-refractivity contribution is 0.0786. The molecule has 92 valence electrons. The third-order valence-electron chi connectivity index (χ3n) is 3.33. The Morgan fingerprint density at radius 1 is 1.22 bits per heavy atom. The van der Waals surface area contributed by atoms with Gasteiger partial charge < -0.3 is 4.90 Å². The summed E-state index contributed by atoms with van der Waals surface area (Å²) in [5.41, 5.74) is 3.61. The molecule has 0 unspecified atom stereocenters. The fourth-order valence-electron chi connectivity index (χ4n) is 2.13. The Hall–Kier alpha value is -2.24. The Balaban J connectivity index is 2.34. The maximum Gasteiger partial charge on any atom is 0.256 e. The predicted molar refractivity (Wildman–Crippen MR) is 64.4 cm³/mol. The Bertz CT molecular complexity index is 646. The monoisotopic (exact) mass is 243 g/mol. The van der Waals surface area contributed by atoms with Gasteiger partial charge in [0.1, 0.15) is 0 Å². The van der Waals surface area contributed by atoms with Gasteiger partial charge in [-0.3, -0.25) is 4.79 Å². The van der Waals surface area contributed by atoms with Gasteiger partial charge in [-0.05, 0) is 47.5 Å². The predicted octanol–water partition coefficient (Wildman–Crippen LogP) is 0.865. The molecule has 6 heteroatoms. The molecule has 2 aromatic rings. The fourth-order valence-corrected chi connectivity index (χ4v) is 2.13. The number of tetrazole rings is 1. The molecule has 1 aromatic heterocycles. The molecule has 6 nitrogen and oxygen atoms in total. The summed E-state index contributed by atoms with van der Waals surface area (Å²) in [4.78, 5) is 13.9. The van der Waals surface area contributed by atoms with E-state index in [1.165, 1.54) is 0 Å². The number of nitrogens with zero attached hydrogens (tertiary/aromatic N) is 5. The van der Waals surface area contributed by atoms with Crippen molar-refractivity contribution >= 4 is 5.91 Å². The third-order valence-corrected chi connectivity index (χ3v) is 3.33. The van der Waals surface area contributed by atoms with Crippen molar-refractivity contribution in [2.45, 2.75) is 20.4 Å². The molecular weight excluding hydrogens is 230 g/mol. The fraction of sp³-hybridized carbons (Fsp3) is 0.333. The van der Waals surface area contributed by atoms with Gasteiger partial charge in [0.05, 0.1) is 17.8 Å². The van der Waals surface area contributed by atoms with Gasteiger partial charge in [0.2, 0.25) is 0 Å². The number of aryl methyl sites for hydroxylation is 2. The molecular formula is C12H13N5O. The van der Waals surface area contributed by atoms with Crippen molar-refractivity contribution in [3.8, 4) is 5.69 Å². The number of hydrogen-bond acceptors (Lipinski definition) is 4. The molecule has 0 saturated heterocycles. The van der Waals surface area contributed by atoms with Crippen molar-refractivity contribution in [1.29, 1.82) is 0 Å². The molecule has 0 radical (unpaired) electrons. The first-order valence-electron chi connectivity index (χ1n) is 5.72. The molecule has 0 bridgehead atoms. The summed E-state index contributed by atoms with van der Waals surface area (Å²) in [6.45, 7) is 4.42. The molecule has 3 rings (SSSR count). The van der Waals surface area contributed by atoms with Gasteiger partial charge >= 0.3 is 0 Å². The first-order chi connectivity index (χ1) is 8.58. The minimum Gasteiger partial charge on any atom is -0.334 e. The first-order valence-corrected chi connectivity index (χ1v) is 5.72. The van der Waals surface area contributed by atoms with E-state index < -0.39 is 0 Å². The van der Waals surface area contributed by atoms with E-state index in [1.807, 2.05) is 26.0 Å². The highest BCUT2D eigenvalue weighted by molar-refractivity contribution is 5.98. The van der Waals surface area contributed by atoms with Crippen molar-refractivity contribution in [1.82, 2.24) is 25.1 Å². The van der Waals surface area contributed by atoms with Crippen molar-refractivity contribution in [3.63, 3.8) is 0 Å². The molecule has 0 spiro atoms. The number of rotatable bonds is 0. The number of hydrogen-bond donors (Lipinski definition) is 0. The second-order valence-corrected chi connectivity index (χ2v) is 4.62. The SMILES string of the molecule is Cc1cc2c(cc1C)-n1nnnc1CN(C)C2=O. The molecule has 0 N–H and O–H groups in total. The summed E-state index contributed by atoms with van der Waals surface area (Å²) < 4.78 is 1.64. The lowest BCUT2D eigenvalue weighted by atomic mass is 10.0. The molecule has 1 amide bonds. The van der Waals surface area contributed by atoms with Crippen molar-refractivity contribution < 1.29 is 4.79 Å². The van der Waals surface area contributed by atoms with Gasteiger partial charge in [0, 0.05) is 7.05 Å². The van der Waals surface area contributed by atoms with Gasteiger partial charge in [-0.25, -0.2) is 0 Å². The van der Waals surface area contributed by atoms with E-state index in [1.54, 1.807) is 16.6 Å². The zero-order valence-corrected chi connectivity index (χ0v) is 10.5. The van der Waals surface area contributed by atoms with Gasteiger partial charge in [0.15, 0.2) is 5.82 Å². The van der Waals surface area contributed by atoms with Crippen molar-refractivity contribution in [3.05, 3.63) is 34.6 Å². The summed E-state index contributed by atoms with van der Waals surface area (Å²) >= 11 is 0. The van der Waals surface area contributed by atoms with Crippen LogP contribution in [0.3, 0.4) is 0 Å². The zero-order valence-electron chi connectivity index (χ0n) is 10.5. The van der Waals surface area contributed by atoms with E-state index in [9.17, 15) is 4.79 Å². The number of fused-ring (bicyclic) bond motifs is 3. The lowest BCUT2D eigenvalue weighted by Crippen LogP contribution is -2.25. The quantitative estimate of drug-likeness (QED) is 0.688. The standard InChI is InChI=1S/C12H13N5O/c1-7-4-9-10(5-8(7)2)17-11(13-14-15-17)6-16(3)12(9)18/h4-5H,6H2,1-3H3. The summed E-state index contributed by atoms with van der Waals surface area (Å²) in [5.74, 6) is 0.660. The minimum absolute atomic E-state index is 0.0135. The summed E-state index contributed by atoms with van der Waals surface area (Å²) in [5, 5.41) is 11.6. The van der Waals surface area contributed by atoms with E-state index >= 15 is 0 Å². The van der Waals surface area contributed by atoms with Crippen LogP contribution >= 0.6 is 0 Å².